The zero-order valence-corrected chi connectivity index (χ0v) is 15.6. The number of amides is 3. The first kappa shape index (κ1) is 19.6. The summed E-state index contributed by atoms with van der Waals surface area (Å²) in [5.41, 5.74) is 2.96. The fourth-order valence-electron chi connectivity index (χ4n) is 3.26. The van der Waals surface area contributed by atoms with Gasteiger partial charge < -0.3 is 10.1 Å². The summed E-state index contributed by atoms with van der Waals surface area (Å²) in [7, 11) is 0. The fraction of sp³-hybridized carbons (Fsp3) is 0.318. The standard InChI is InChI=1S/C22H24N2O4/c25-20(24-22(27)23-19-8-4-5-9-19)15-28-21(26)14-16-10-12-18(13-11-16)17-6-2-1-3-7-17/h1-3,6-7,10-13,19H,4-5,8-9,14-15H2,(H2,23,24,25,27). The van der Waals surface area contributed by atoms with Gasteiger partial charge in [-0.2, -0.15) is 0 Å². The van der Waals surface area contributed by atoms with E-state index in [0.717, 1.165) is 42.4 Å². The number of ether oxygens (including phenoxy) is 1. The summed E-state index contributed by atoms with van der Waals surface area (Å²) in [6.07, 6.45) is 4.10. The smallest absolute Gasteiger partial charge is 0.321 e. The lowest BCUT2D eigenvalue weighted by Gasteiger charge is -2.12. The van der Waals surface area contributed by atoms with E-state index in [2.05, 4.69) is 10.6 Å². The second kappa shape index (κ2) is 9.69. The summed E-state index contributed by atoms with van der Waals surface area (Å²) >= 11 is 0. The van der Waals surface area contributed by atoms with Crippen molar-refractivity contribution in [1.82, 2.24) is 10.6 Å². The molecule has 28 heavy (non-hydrogen) atoms. The molecule has 3 amide bonds. The van der Waals surface area contributed by atoms with Crippen molar-refractivity contribution in [1.29, 1.82) is 0 Å². The summed E-state index contributed by atoms with van der Waals surface area (Å²) in [6, 6.07) is 17.1. The molecule has 1 aliphatic carbocycles. The third kappa shape index (κ3) is 5.94. The van der Waals surface area contributed by atoms with Gasteiger partial charge in [-0.05, 0) is 29.5 Å². The highest BCUT2D eigenvalue weighted by molar-refractivity contribution is 5.95. The molecule has 0 aliphatic heterocycles. The third-order valence-corrected chi connectivity index (χ3v) is 4.72. The van der Waals surface area contributed by atoms with E-state index in [-0.39, 0.29) is 12.5 Å². The van der Waals surface area contributed by atoms with Crippen molar-refractivity contribution in [2.75, 3.05) is 6.61 Å². The molecular formula is C22H24N2O4. The number of esters is 1. The maximum Gasteiger partial charge on any atom is 0.321 e. The Morgan fingerprint density at radius 2 is 1.54 bits per heavy atom. The molecule has 2 aromatic carbocycles. The Hall–Kier alpha value is -3.15. The van der Waals surface area contributed by atoms with Gasteiger partial charge in [-0.25, -0.2) is 4.79 Å². The number of benzene rings is 2. The summed E-state index contributed by atoms with van der Waals surface area (Å²) in [6.45, 7) is -0.473. The van der Waals surface area contributed by atoms with E-state index in [1.807, 2.05) is 54.6 Å². The van der Waals surface area contributed by atoms with Crippen LogP contribution in [0.2, 0.25) is 0 Å². The Labute approximate surface area is 164 Å². The van der Waals surface area contributed by atoms with Crippen molar-refractivity contribution < 1.29 is 19.1 Å². The number of hydrogen-bond acceptors (Lipinski definition) is 4. The molecule has 2 aromatic rings. The average molecular weight is 380 g/mol. The van der Waals surface area contributed by atoms with E-state index in [4.69, 9.17) is 4.74 Å². The number of rotatable bonds is 6. The highest BCUT2D eigenvalue weighted by atomic mass is 16.5. The molecule has 146 valence electrons. The molecule has 0 radical (unpaired) electrons. The largest absolute Gasteiger partial charge is 0.455 e. The van der Waals surface area contributed by atoms with Crippen molar-refractivity contribution in [2.45, 2.75) is 38.1 Å². The quantitative estimate of drug-likeness (QED) is 0.754. The molecule has 0 bridgehead atoms. The van der Waals surface area contributed by atoms with Crippen LogP contribution in [0, 0.1) is 0 Å². The molecule has 3 rings (SSSR count). The van der Waals surface area contributed by atoms with Crippen LogP contribution in [0.15, 0.2) is 54.6 Å². The van der Waals surface area contributed by atoms with Crippen LogP contribution in [0.4, 0.5) is 4.79 Å². The van der Waals surface area contributed by atoms with Gasteiger partial charge in [0.05, 0.1) is 6.42 Å². The Morgan fingerprint density at radius 1 is 0.893 bits per heavy atom. The lowest BCUT2D eigenvalue weighted by molar-refractivity contribution is -0.147. The predicted octanol–water partition coefficient (Wildman–Crippen LogP) is 3.21. The normalized spacial score (nSPS) is 13.7. The van der Waals surface area contributed by atoms with Crippen LogP contribution in [-0.4, -0.2) is 30.6 Å². The average Bonchev–Trinajstić information content (AvgIpc) is 3.20. The highest BCUT2D eigenvalue weighted by Gasteiger charge is 2.18. The monoisotopic (exact) mass is 380 g/mol. The maximum atomic E-state index is 11.9. The van der Waals surface area contributed by atoms with E-state index in [1.54, 1.807) is 0 Å². The number of carbonyl (C=O) groups is 3. The number of imide groups is 1. The van der Waals surface area contributed by atoms with Gasteiger partial charge in [0.15, 0.2) is 6.61 Å². The van der Waals surface area contributed by atoms with Gasteiger partial charge >= 0.3 is 12.0 Å². The maximum absolute atomic E-state index is 11.9. The van der Waals surface area contributed by atoms with Gasteiger partial charge in [0.2, 0.25) is 0 Å². The van der Waals surface area contributed by atoms with Crippen LogP contribution < -0.4 is 10.6 Å². The number of nitrogens with one attached hydrogen (secondary N) is 2. The number of hydrogen-bond donors (Lipinski definition) is 2. The van der Waals surface area contributed by atoms with Gasteiger partial charge in [0.1, 0.15) is 0 Å². The van der Waals surface area contributed by atoms with Gasteiger partial charge in [0.25, 0.3) is 5.91 Å². The molecule has 0 spiro atoms. The van der Waals surface area contributed by atoms with Crippen LogP contribution in [0.25, 0.3) is 11.1 Å². The molecule has 1 saturated carbocycles. The van der Waals surface area contributed by atoms with Crippen LogP contribution in [0.3, 0.4) is 0 Å². The van der Waals surface area contributed by atoms with Crippen molar-refractivity contribution >= 4 is 17.9 Å². The lowest BCUT2D eigenvalue weighted by Crippen LogP contribution is -2.45. The van der Waals surface area contributed by atoms with Crippen LogP contribution in [0.1, 0.15) is 31.2 Å². The second-order valence-electron chi connectivity index (χ2n) is 6.90. The molecule has 1 aliphatic rings. The lowest BCUT2D eigenvalue weighted by atomic mass is 10.0. The van der Waals surface area contributed by atoms with Crippen LogP contribution >= 0.6 is 0 Å². The van der Waals surface area contributed by atoms with E-state index in [1.165, 1.54) is 0 Å². The molecule has 0 heterocycles. The fourth-order valence-corrected chi connectivity index (χ4v) is 3.26. The molecule has 0 unspecified atom stereocenters. The van der Waals surface area contributed by atoms with Gasteiger partial charge in [-0.15, -0.1) is 0 Å². The Kier molecular flexibility index (Phi) is 6.78. The molecule has 6 heteroatoms. The highest BCUT2D eigenvalue weighted by Crippen LogP contribution is 2.19. The summed E-state index contributed by atoms with van der Waals surface area (Å²) in [5, 5.41) is 4.93. The van der Waals surface area contributed by atoms with Gasteiger partial charge in [-0.1, -0.05) is 67.4 Å². The Morgan fingerprint density at radius 3 is 2.21 bits per heavy atom. The first-order chi connectivity index (χ1) is 13.6. The first-order valence-electron chi connectivity index (χ1n) is 9.50. The summed E-state index contributed by atoms with van der Waals surface area (Å²) < 4.78 is 4.96. The minimum absolute atomic E-state index is 0.0661. The minimum atomic E-state index is -0.636. The number of urea groups is 1. The minimum Gasteiger partial charge on any atom is -0.455 e. The molecule has 2 N–H and O–H groups in total. The van der Waals surface area contributed by atoms with E-state index in [9.17, 15) is 14.4 Å². The van der Waals surface area contributed by atoms with Crippen LogP contribution in [-0.2, 0) is 20.7 Å². The molecular weight excluding hydrogens is 356 g/mol. The summed E-state index contributed by atoms with van der Waals surface area (Å²) in [4.78, 5) is 35.4. The van der Waals surface area contributed by atoms with Crippen molar-refractivity contribution in [3.63, 3.8) is 0 Å². The SMILES string of the molecule is O=C(COC(=O)Cc1ccc(-c2ccccc2)cc1)NC(=O)NC1CCCC1. The second-order valence-corrected chi connectivity index (χ2v) is 6.90. The van der Waals surface area contributed by atoms with E-state index < -0.39 is 24.5 Å². The summed E-state index contributed by atoms with van der Waals surface area (Å²) in [5.74, 6) is -1.15. The zero-order chi connectivity index (χ0) is 19.8. The molecule has 0 atom stereocenters. The molecule has 6 nitrogen and oxygen atoms in total. The van der Waals surface area contributed by atoms with Crippen molar-refractivity contribution in [3.8, 4) is 11.1 Å². The Balaban J connectivity index is 1.40. The van der Waals surface area contributed by atoms with Crippen LogP contribution in [0.5, 0.6) is 0 Å². The number of carbonyl (C=O) groups excluding carboxylic acids is 3. The Bertz CT molecular complexity index is 812. The topological polar surface area (TPSA) is 84.5 Å². The van der Waals surface area contributed by atoms with Gasteiger partial charge in [0, 0.05) is 6.04 Å². The van der Waals surface area contributed by atoms with E-state index in [0.29, 0.717) is 0 Å². The first-order valence-corrected chi connectivity index (χ1v) is 9.50. The van der Waals surface area contributed by atoms with Crippen molar-refractivity contribution in [2.24, 2.45) is 0 Å². The van der Waals surface area contributed by atoms with E-state index >= 15 is 0 Å². The predicted molar refractivity (Wildman–Crippen MR) is 105 cm³/mol. The zero-order valence-electron chi connectivity index (χ0n) is 15.6. The van der Waals surface area contributed by atoms with Crippen molar-refractivity contribution in [3.05, 3.63) is 60.2 Å². The third-order valence-electron chi connectivity index (χ3n) is 4.72. The molecule has 0 saturated heterocycles. The molecule has 0 aromatic heterocycles. The van der Waals surface area contributed by atoms with Gasteiger partial charge in [-0.3, -0.25) is 14.9 Å². The molecule has 1 fully saturated rings.